The van der Waals surface area contributed by atoms with Gasteiger partial charge in [-0.25, -0.2) is 0 Å². The van der Waals surface area contributed by atoms with Crippen LogP contribution in [0.4, 0.5) is 5.69 Å². The van der Waals surface area contributed by atoms with Crippen LogP contribution in [-0.4, -0.2) is 31.4 Å². The zero-order valence-corrected chi connectivity index (χ0v) is 9.72. The first-order chi connectivity index (χ1) is 7.85. The first kappa shape index (κ1) is 11.4. The van der Waals surface area contributed by atoms with E-state index in [9.17, 15) is 0 Å². The van der Waals surface area contributed by atoms with E-state index in [4.69, 9.17) is 9.84 Å². The molecule has 0 spiro atoms. The van der Waals surface area contributed by atoms with E-state index in [2.05, 4.69) is 17.0 Å². The van der Waals surface area contributed by atoms with Crippen LogP contribution < -0.4 is 4.90 Å². The van der Waals surface area contributed by atoms with Gasteiger partial charge in [-0.15, -0.1) is 0 Å². The summed E-state index contributed by atoms with van der Waals surface area (Å²) in [4.78, 5) is 2.39. The number of aliphatic hydroxyl groups is 1. The number of hydrogen-bond acceptors (Lipinski definition) is 3. The summed E-state index contributed by atoms with van der Waals surface area (Å²) in [5.41, 5.74) is 2.20. The van der Waals surface area contributed by atoms with E-state index in [-0.39, 0.29) is 6.61 Å². The van der Waals surface area contributed by atoms with Crippen LogP contribution >= 0.6 is 0 Å². The van der Waals surface area contributed by atoms with E-state index >= 15 is 0 Å². The van der Waals surface area contributed by atoms with Crippen molar-refractivity contribution in [3.05, 3.63) is 29.8 Å². The molecule has 1 fully saturated rings. The van der Waals surface area contributed by atoms with Crippen LogP contribution in [0, 0.1) is 0 Å². The zero-order chi connectivity index (χ0) is 11.4. The summed E-state index contributed by atoms with van der Waals surface area (Å²) in [6, 6.07) is 8.82. The van der Waals surface area contributed by atoms with Crippen LogP contribution in [0.1, 0.15) is 18.4 Å². The smallest absolute Gasteiger partial charge is 0.0681 e. The van der Waals surface area contributed by atoms with Crippen molar-refractivity contribution in [3.63, 3.8) is 0 Å². The number of methoxy groups -OCH3 is 1. The molecule has 1 aromatic carbocycles. The summed E-state index contributed by atoms with van der Waals surface area (Å²) in [5.74, 6) is 0. The number of nitrogens with zero attached hydrogens (tertiary/aromatic N) is 1. The highest BCUT2D eigenvalue weighted by molar-refractivity contribution is 5.49. The lowest BCUT2D eigenvalue weighted by molar-refractivity contribution is 0.205. The molecule has 0 heterocycles. The maximum Gasteiger partial charge on any atom is 0.0681 e. The van der Waals surface area contributed by atoms with Gasteiger partial charge in [0.15, 0.2) is 0 Å². The van der Waals surface area contributed by atoms with Gasteiger partial charge < -0.3 is 14.7 Å². The average molecular weight is 221 g/mol. The second-order valence-electron chi connectivity index (χ2n) is 4.24. The van der Waals surface area contributed by atoms with E-state index in [1.165, 1.54) is 18.5 Å². The maximum atomic E-state index is 9.00. The number of aliphatic hydroxyl groups excluding tert-OH is 1. The molecule has 0 saturated heterocycles. The first-order valence-corrected chi connectivity index (χ1v) is 5.80. The molecule has 1 aliphatic carbocycles. The van der Waals surface area contributed by atoms with Crippen LogP contribution in [0.15, 0.2) is 24.3 Å². The van der Waals surface area contributed by atoms with Gasteiger partial charge in [0.25, 0.3) is 0 Å². The monoisotopic (exact) mass is 221 g/mol. The minimum atomic E-state index is 0.113. The Balaban J connectivity index is 2.05. The quantitative estimate of drug-likeness (QED) is 0.795. The number of rotatable bonds is 6. The highest BCUT2D eigenvalue weighted by atomic mass is 16.5. The number of anilines is 1. The molecule has 0 unspecified atom stereocenters. The predicted octanol–water partition coefficient (Wildman–Crippen LogP) is 1.79. The third-order valence-electron chi connectivity index (χ3n) is 2.97. The molecule has 16 heavy (non-hydrogen) atoms. The molecule has 0 aromatic heterocycles. The van der Waals surface area contributed by atoms with Crippen LogP contribution in [0.5, 0.6) is 0 Å². The second-order valence-corrected chi connectivity index (χ2v) is 4.24. The molecule has 3 heteroatoms. The molecular formula is C13H19NO2. The van der Waals surface area contributed by atoms with Crippen LogP contribution in [0.3, 0.4) is 0 Å². The Morgan fingerprint density at radius 1 is 1.31 bits per heavy atom. The molecule has 1 aliphatic rings. The predicted molar refractivity (Wildman–Crippen MR) is 64.6 cm³/mol. The Morgan fingerprint density at radius 3 is 2.50 bits per heavy atom. The maximum absolute atomic E-state index is 9.00. The molecule has 1 aromatic rings. The Bertz CT molecular complexity index is 319. The van der Waals surface area contributed by atoms with Crippen molar-refractivity contribution >= 4 is 5.69 Å². The van der Waals surface area contributed by atoms with Crippen molar-refractivity contribution in [1.82, 2.24) is 0 Å². The lowest BCUT2D eigenvalue weighted by Crippen LogP contribution is -2.29. The molecule has 0 aliphatic heterocycles. The minimum Gasteiger partial charge on any atom is -0.392 e. The highest BCUT2D eigenvalue weighted by Gasteiger charge is 2.28. The molecule has 0 atom stereocenters. The van der Waals surface area contributed by atoms with Gasteiger partial charge in [-0.3, -0.25) is 0 Å². The Labute approximate surface area is 96.6 Å². The Kier molecular flexibility index (Phi) is 3.80. The average Bonchev–Trinajstić information content (AvgIpc) is 3.15. The third kappa shape index (κ3) is 2.74. The van der Waals surface area contributed by atoms with E-state index < -0.39 is 0 Å². The fraction of sp³-hybridized carbons (Fsp3) is 0.538. The molecular weight excluding hydrogens is 202 g/mol. The Hall–Kier alpha value is -1.06. The van der Waals surface area contributed by atoms with Gasteiger partial charge in [0.05, 0.1) is 13.2 Å². The van der Waals surface area contributed by atoms with Crippen LogP contribution in [0.2, 0.25) is 0 Å². The largest absolute Gasteiger partial charge is 0.392 e. The normalized spacial score (nSPS) is 15.1. The molecule has 0 amide bonds. The van der Waals surface area contributed by atoms with Crippen molar-refractivity contribution in [2.75, 3.05) is 25.2 Å². The van der Waals surface area contributed by atoms with E-state index in [0.717, 1.165) is 18.7 Å². The zero-order valence-electron chi connectivity index (χ0n) is 9.72. The molecule has 1 N–H and O–H groups in total. The fourth-order valence-electron chi connectivity index (χ4n) is 1.89. The number of ether oxygens (including phenoxy) is 1. The van der Waals surface area contributed by atoms with E-state index in [1.807, 2.05) is 12.1 Å². The van der Waals surface area contributed by atoms with Gasteiger partial charge in [-0.05, 0) is 30.5 Å². The number of benzene rings is 1. The topological polar surface area (TPSA) is 32.7 Å². The molecule has 1 saturated carbocycles. The van der Waals surface area contributed by atoms with Crippen molar-refractivity contribution in [2.24, 2.45) is 0 Å². The SMILES string of the molecule is COCCN(c1ccc(CO)cc1)C1CC1. The van der Waals surface area contributed by atoms with Gasteiger partial charge in [-0.2, -0.15) is 0 Å². The first-order valence-electron chi connectivity index (χ1n) is 5.80. The lowest BCUT2D eigenvalue weighted by Gasteiger charge is -2.24. The molecule has 0 radical (unpaired) electrons. The van der Waals surface area contributed by atoms with Gasteiger partial charge in [0, 0.05) is 25.4 Å². The van der Waals surface area contributed by atoms with E-state index in [0.29, 0.717) is 6.04 Å². The lowest BCUT2D eigenvalue weighted by atomic mass is 10.2. The van der Waals surface area contributed by atoms with Crippen LogP contribution in [-0.2, 0) is 11.3 Å². The van der Waals surface area contributed by atoms with Gasteiger partial charge >= 0.3 is 0 Å². The second kappa shape index (κ2) is 5.32. The highest BCUT2D eigenvalue weighted by Crippen LogP contribution is 2.31. The van der Waals surface area contributed by atoms with Crippen molar-refractivity contribution in [3.8, 4) is 0 Å². The molecule has 2 rings (SSSR count). The Morgan fingerprint density at radius 2 is 2.00 bits per heavy atom. The molecule has 3 nitrogen and oxygen atoms in total. The van der Waals surface area contributed by atoms with Crippen molar-refractivity contribution in [1.29, 1.82) is 0 Å². The van der Waals surface area contributed by atoms with Gasteiger partial charge in [0.2, 0.25) is 0 Å². The third-order valence-corrected chi connectivity index (χ3v) is 2.97. The molecule has 0 bridgehead atoms. The summed E-state index contributed by atoms with van der Waals surface area (Å²) in [7, 11) is 1.74. The standard InChI is InChI=1S/C13H19NO2/c1-16-9-8-14(13-6-7-13)12-4-2-11(10-15)3-5-12/h2-5,13,15H,6-10H2,1H3. The summed E-state index contributed by atoms with van der Waals surface area (Å²) >= 11 is 0. The van der Waals surface area contributed by atoms with Crippen molar-refractivity contribution < 1.29 is 9.84 Å². The molecule has 88 valence electrons. The minimum absolute atomic E-state index is 0.113. The summed E-state index contributed by atoms with van der Waals surface area (Å²) in [6.07, 6.45) is 2.57. The van der Waals surface area contributed by atoms with Crippen LogP contribution in [0.25, 0.3) is 0 Å². The van der Waals surface area contributed by atoms with Gasteiger partial charge in [-0.1, -0.05) is 12.1 Å². The summed E-state index contributed by atoms with van der Waals surface area (Å²) < 4.78 is 5.13. The van der Waals surface area contributed by atoms with E-state index in [1.54, 1.807) is 7.11 Å². The van der Waals surface area contributed by atoms with Gasteiger partial charge in [0.1, 0.15) is 0 Å². The summed E-state index contributed by atoms with van der Waals surface area (Å²) in [6.45, 7) is 1.82. The summed E-state index contributed by atoms with van der Waals surface area (Å²) in [5, 5.41) is 9.00. The number of hydrogen-bond donors (Lipinski definition) is 1. The fourth-order valence-corrected chi connectivity index (χ4v) is 1.89. The van der Waals surface area contributed by atoms with Crippen molar-refractivity contribution in [2.45, 2.75) is 25.5 Å².